The Morgan fingerprint density at radius 1 is 1.55 bits per heavy atom. The first-order valence-corrected chi connectivity index (χ1v) is 3.80. The molecule has 4 nitrogen and oxygen atoms in total. The lowest BCUT2D eigenvalue weighted by Gasteiger charge is -2.02. The minimum atomic E-state index is -0.0522. The molecule has 66 valence electrons. The van der Waals surface area contributed by atoms with Gasteiger partial charge in [0.15, 0.2) is 0 Å². The summed E-state index contributed by atoms with van der Waals surface area (Å²) in [7, 11) is 1.84. The van der Waals surface area contributed by atoms with Crippen LogP contribution in [-0.2, 0) is 9.53 Å². The smallest absolute Gasteiger partial charge is 0.245 e. The lowest BCUT2D eigenvalue weighted by molar-refractivity contribution is -0.125. The van der Waals surface area contributed by atoms with Gasteiger partial charge >= 0.3 is 0 Å². The Kier molecular flexibility index (Phi) is 7.08. The van der Waals surface area contributed by atoms with E-state index in [0.29, 0.717) is 13.2 Å². The maximum absolute atomic E-state index is 10.7. The maximum atomic E-state index is 10.7. The van der Waals surface area contributed by atoms with Crippen LogP contribution in [0.5, 0.6) is 0 Å². The fraction of sp³-hybridized carbons (Fsp3) is 0.857. The van der Waals surface area contributed by atoms with Crippen LogP contribution in [0.3, 0.4) is 0 Å². The normalized spacial score (nSPS) is 9.64. The molecule has 0 atom stereocenters. The Morgan fingerprint density at radius 2 is 2.27 bits per heavy atom. The number of carbonyl (C=O) groups excluding carboxylic acids is 1. The van der Waals surface area contributed by atoms with Gasteiger partial charge in [0.1, 0.15) is 6.61 Å². The number of amides is 1. The predicted molar refractivity (Wildman–Crippen MR) is 43.4 cm³/mol. The van der Waals surface area contributed by atoms with Crippen LogP contribution in [0.1, 0.15) is 6.92 Å². The summed E-state index contributed by atoms with van der Waals surface area (Å²) in [6.45, 7) is 4.06. The van der Waals surface area contributed by atoms with Crippen molar-refractivity contribution in [3.05, 3.63) is 0 Å². The van der Waals surface area contributed by atoms with Crippen LogP contribution < -0.4 is 10.6 Å². The van der Waals surface area contributed by atoms with Crippen molar-refractivity contribution in [2.45, 2.75) is 6.92 Å². The van der Waals surface area contributed by atoms with Gasteiger partial charge < -0.3 is 15.4 Å². The quantitative estimate of drug-likeness (QED) is 0.508. The van der Waals surface area contributed by atoms with Crippen LogP contribution in [0.2, 0.25) is 0 Å². The first kappa shape index (κ1) is 10.4. The molecule has 0 heterocycles. The highest BCUT2D eigenvalue weighted by molar-refractivity contribution is 5.77. The standard InChI is InChI=1S/C7H16N2O2/c1-3-9-7(10)6-11-5-4-8-2/h8H,3-6H2,1-2H3,(H,9,10). The van der Waals surface area contributed by atoms with Crippen molar-refractivity contribution in [3.8, 4) is 0 Å². The molecule has 0 saturated heterocycles. The summed E-state index contributed by atoms with van der Waals surface area (Å²) in [5.74, 6) is -0.0522. The van der Waals surface area contributed by atoms with Gasteiger partial charge in [0.05, 0.1) is 6.61 Å². The summed E-state index contributed by atoms with van der Waals surface area (Å²) in [6, 6.07) is 0. The number of nitrogens with one attached hydrogen (secondary N) is 2. The van der Waals surface area contributed by atoms with Crippen molar-refractivity contribution in [2.75, 3.05) is 33.4 Å². The minimum absolute atomic E-state index is 0.0522. The van der Waals surface area contributed by atoms with Crippen LogP contribution in [0.4, 0.5) is 0 Å². The first-order valence-electron chi connectivity index (χ1n) is 3.80. The number of carbonyl (C=O) groups is 1. The van der Waals surface area contributed by atoms with Crippen molar-refractivity contribution in [1.82, 2.24) is 10.6 Å². The molecule has 0 aromatic carbocycles. The van der Waals surface area contributed by atoms with Crippen LogP contribution in [0, 0.1) is 0 Å². The molecule has 0 aliphatic carbocycles. The van der Waals surface area contributed by atoms with Crippen LogP contribution in [0.15, 0.2) is 0 Å². The average molecular weight is 160 g/mol. The van der Waals surface area contributed by atoms with E-state index in [-0.39, 0.29) is 12.5 Å². The van der Waals surface area contributed by atoms with E-state index >= 15 is 0 Å². The Labute approximate surface area is 67.3 Å². The lowest BCUT2D eigenvalue weighted by atomic mass is 10.6. The van der Waals surface area contributed by atoms with Crippen molar-refractivity contribution < 1.29 is 9.53 Å². The van der Waals surface area contributed by atoms with Gasteiger partial charge in [-0.05, 0) is 14.0 Å². The second-order valence-electron chi connectivity index (χ2n) is 2.11. The molecule has 0 aliphatic rings. The number of likely N-dealkylation sites (N-methyl/N-ethyl adjacent to an activating group) is 2. The second kappa shape index (κ2) is 7.50. The van der Waals surface area contributed by atoms with E-state index in [9.17, 15) is 4.79 Å². The van der Waals surface area contributed by atoms with Crippen molar-refractivity contribution in [2.24, 2.45) is 0 Å². The molecule has 0 rings (SSSR count). The molecule has 0 unspecified atom stereocenters. The summed E-state index contributed by atoms with van der Waals surface area (Å²) >= 11 is 0. The molecule has 0 aromatic heterocycles. The number of hydrogen-bond donors (Lipinski definition) is 2. The Morgan fingerprint density at radius 3 is 2.82 bits per heavy atom. The second-order valence-corrected chi connectivity index (χ2v) is 2.11. The molecular formula is C7H16N2O2. The van der Waals surface area contributed by atoms with Gasteiger partial charge in [-0.2, -0.15) is 0 Å². The molecule has 0 spiro atoms. The van der Waals surface area contributed by atoms with Gasteiger partial charge in [-0.1, -0.05) is 0 Å². The molecule has 0 saturated carbocycles. The third kappa shape index (κ3) is 7.29. The Balaban J connectivity index is 3.04. The molecule has 0 aromatic rings. The van der Waals surface area contributed by atoms with E-state index in [1.807, 2.05) is 14.0 Å². The monoisotopic (exact) mass is 160 g/mol. The fourth-order valence-electron chi connectivity index (χ4n) is 0.587. The number of hydrogen-bond acceptors (Lipinski definition) is 3. The molecule has 2 N–H and O–H groups in total. The highest BCUT2D eigenvalue weighted by Gasteiger charge is 1.96. The molecule has 0 bridgehead atoms. The molecule has 0 fully saturated rings. The lowest BCUT2D eigenvalue weighted by Crippen LogP contribution is -2.28. The van der Waals surface area contributed by atoms with E-state index in [4.69, 9.17) is 4.74 Å². The SMILES string of the molecule is CCNC(=O)COCCNC. The Hall–Kier alpha value is -0.610. The van der Waals surface area contributed by atoms with Crippen molar-refractivity contribution >= 4 is 5.91 Å². The molecule has 0 radical (unpaired) electrons. The Bertz CT molecular complexity index is 107. The first-order chi connectivity index (χ1) is 5.31. The third-order valence-corrected chi connectivity index (χ3v) is 1.10. The van der Waals surface area contributed by atoms with Crippen molar-refractivity contribution in [1.29, 1.82) is 0 Å². The van der Waals surface area contributed by atoms with Crippen molar-refractivity contribution in [3.63, 3.8) is 0 Å². The fourth-order valence-corrected chi connectivity index (χ4v) is 0.587. The van der Waals surface area contributed by atoms with Crippen LogP contribution in [-0.4, -0.2) is 39.3 Å². The maximum Gasteiger partial charge on any atom is 0.245 e. The molecule has 0 aliphatic heterocycles. The summed E-state index contributed by atoms with van der Waals surface area (Å²) in [5, 5.41) is 5.55. The highest BCUT2D eigenvalue weighted by Crippen LogP contribution is 1.73. The van der Waals surface area contributed by atoms with E-state index in [1.54, 1.807) is 0 Å². The zero-order valence-corrected chi connectivity index (χ0v) is 7.14. The van der Waals surface area contributed by atoms with Crippen LogP contribution >= 0.6 is 0 Å². The van der Waals surface area contributed by atoms with Gasteiger partial charge in [-0.15, -0.1) is 0 Å². The summed E-state index contributed by atoms with van der Waals surface area (Å²) < 4.78 is 5.01. The third-order valence-electron chi connectivity index (χ3n) is 1.10. The minimum Gasteiger partial charge on any atom is -0.370 e. The number of rotatable bonds is 6. The zero-order chi connectivity index (χ0) is 8.53. The zero-order valence-electron chi connectivity index (χ0n) is 7.14. The predicted octanol–water partition coefficient (Wildman–Crippen LogP) is -0.641. The summed E-state index contributed by atoms with van der Waals surface area (Å²) in [5.41, 5.74) is 0. The van der Waals surface area contributed by atoms with Gasteiger partial charge in [0.25, 0.3) is 0 Å². The van der Waals surface area contributed by atoms with E-state index in [0.717, 1.165) is 6.54 Å². The summed E-state index contributed by atoms with van der Waals surface area (Å²) in [6.07, 6.45) is 0. The topological polar surface area (TPSA) is 50.4 Å². The number of ether oxygens (including phenoxy) is 1. The molecule has 1 amide bonds. The van der Waals surface area contributed by atoms with E-state index in [1.165, 1.54) is 0 Å². The van der Waals surface area contributed by atoms with Crippen LogP contribution in [0.25, 0.3) is 0 Å². The average Bonchev–Trinajstić information content (AvgIpc) is 1.99. The summed E-state index contributed by atoms with van der Waals surface area (Å²) in [4.78, 5) is 10.7. The van der Waals surface area contributed by atoms with Gasteiger partial charge in [0, 0.05) is 13.1 Å². The largest absolute Gasteiger partial charge is 0.370 e. The molecular weight excluding hydrogens is 144 g/mol. The van der Waals surface area contributed by atoms with Gasteiger partial charge in [-0.3, -0.25) is 4.79 Å². The van der Waals surface area contributed by atoms with Gasteiger partial charge in [0.2, 0.25) is 5.91 Å². The van der Waals surface area contributed by atoms with Gasteiger partial charge in [-0.25, -0.2) is 0 Å². The van der Waals surface area contributed by atoms with E-state index in [2.05, 4.69) is 10.6 Å². The van der Waals surface area contributed by atoms with E-state index < -0.39 is 0 Å². The molecule has 4 heteroatoms. The molecule has 11 heavy (non-hydrogen) atoms. The highest BCUT2D eigenvalue weighted by atomic mass is 16.5.